The summed E-state index contributed by atoms with van der Waals surface area (Å²) in [5.74, 6) is 0.0850. The van der Waals surface area contributed by atoms with E-state index in [-0.39, 0.29) is 17.7 Å². The van der Waals surface area contributed by atoms with Crippen molar-refractivity contribution in [2.75, 3.05) is 5.32 Å². The molecule has 1 amide bonds. The van der Waals surface area contributed by atoms with Gasteiger partial charge in [0.1, 0.15) is 5.82 Å². The molecule has 0 unspecified atom stereocenters. The van der Waals surface area contributed by atoms with Gasteiger partial charge < -0.3 is 0 Å². The number of halogens is 1. The SMILES string of the molecule is O=C(Nc1nc(-c2ccccc2)n(-c2ccc(F)cc2)n1)c1ccccc1. The van der Waals surface area contributed by atoms with Crippen LogP contribution in [0.2, 0.25) is 0 Å². The monoisotopic (exact) mass is 358 g/mol. The lowest BCUT2D eigenvalue weighted by Gasteiger charge is -2.05. The molecule has 0 saturated heterocycles. The normalized spacial score (nSPS) is 10.6. The molecule has 0 fully saturated rings. The van der Waals surface area contributed by atoms with E-state index in [1.807, 2.05) is 36.4 Å². The molecular formula is C21H15FN4O. The van der Waals surface area contributed by atoms with Crippen LogP contribution in [-0.4, -0.2) is 20.7 Å². The van der Waals surface area contributed by atoms with Gasteiger partial charge in [-0.05, 0) is 36.4 Å². The molecule has 0 aliphatic heterocycles. The molecule has 0 aliphatic carbocycles. The van der Waals surface area contributed by atoms with E-state index in [0.717, 1.165) is 5.56 Å². The Balaban J connectivity index is 1.74. The van der Waals surface area contributed by atoms with E-state index in [9.17, 15) is 9.18 Å². The minimum absolute atomic E-state index is 0.173. The highest BCUT2D eigenvalue weighted by atomic mass is 19.1. The summed E-state index contributed by atoms with van der Waals surface area (Å²) in [4.78, 5) is 16.9. The molecule has 132 valence electrons. The molecule has 0 spiro atoms. The molecular weight excluding hydrogens is 343 g/mol. The highest BCUT2D eigenvalue weighted by molar-refractivity contribution is 6.03. The molecule has 1 aromatic heterocycles. The van der Waals surface area contributed by atoms with Crippen molar-refractivity contribution in [3.8, 4) is 17.1 Å². The number of nitrogens with zero attached hydrogens (tertiary/aromatic N) is 3. The Morgan fingerprint density at radius 1 is 0.852 bits per heavy atom. The molecule has 27 heavy (non-hydrogen) atoms. The molecule has 4 rings (SSSR count). The molecule has 0 bridgehead atoms. The predicted molar refractivity (Wildman–Crippen MR) is 101 cm³/mol. The molecule has 0 saturated carbocycles. The van der Waals surface area contributed by atoms with E-state index in [1.165, 1.54) is 12.1 Å². The van der Waals surface area contributed by atoms with Gasteiger partial charge in [-0.3, -0.25) is 10.1 Å². The van der Waals surface area contributed by atoms with E-state index < -0.39 is 0 Å². The number of rotatable bonds is 4. The number of anilines is 1. The molecule has 0 atom stereocenters. The van der Waals surface area contributed by atoms with Gasteiger partial charge in [-0.25, -0.2) is 9.07 Å². The highest BCUT2D eigenvalue weighted by Crippen LogP contribution is 2.23. The fraction of sp³-hybridized carbons (Fsp3) is 0. The minimum atomic E-state index is -0.335. The second-order valence-corrected chi connectivity index (χ2v) is 5.83. The second-order valence-electron chi connectivity index (χ2n) is 5.83. The van der Waals surface area contributed by atoms with Gasteiger partial charge in [-0.15, -0.1) is 5.10 Å². The lowest BCUT2D eigenvalue weighted by atomic mass is 10.2. The number of carbonyl (C=O) groups is 1. The second kappa shape index (κ2) is 7.21. The zero-order chi connectivity index (χ0) is 18.6. The van der Waals surface area contributed by atoms with Crippen molar-refractivity contribution in [1.29, 1.82) is 0 Å². The lowest BCUT2D eigenvalue weighted by molar-refractivity contribution is 0.102. The van der Waals surface area contributed by atoms with Gasteiger partial charge in [-0.1, -0.05) is 48.5 Å². The number of hydrogen-bond donors (Lipinski definition) is 1. The largest absolute Gasteiger partial charge is 0.289 e. The maximum Gasteiger partial charge on any atom is 0.258 e. The Morgan fingerprint density at radius 3 is 2.15 bits per heavy atom. The topological polar surface area (TPSA) is 59.8 Å². The molecule has 0 radical (unpaired) electrons. The summed E-state index contributed by atoms with van der Waals surface area (Å²) in [7, 11) is 0. The Hall–Kier alpha value is -3.80. The van der Waals surface area contributed by atoms with Gasteiger partial charge in [0, 0.05) is 11.1 Å². The molecule has 1 heterocycles. The van der Waals surface area contributed by atoms with E-state index in [0.29, 0.717) is 17.1 Å². The fourth-order valence-corrected chi connectivity index (χ4v) is 2.66. The van der Waals surface area contributed by atoms with Gasteiger partial charge in [0.25, 0.3) is 5.91 Å². The van der Waals surface area contributed by atoms with Crippen molar-refractivity contribution in [3.63, 3.8) is 0 Å². The third-order valence-corrected chi connectivity index (χ3v) is 3.97. The van der Waals surface area contributed by atoms with Crippen LogP contribution in [0.25, 0.3) is 17.1 Å². The quantitative estimate of drug-likeness (QED) is 0.591. The first-order chi connectivity index (χ1) is 13.2. The Bertz CT molecular complexity index is 1060. The third kappa shape index (κ3) is 3.59. The lowest BCUT2D eigenvalue weighted by Crippen LogP contribution is -2.13. The van der Waals surface area contributed by atoms with Crippen LogP contribution in [0.3, 0.4) is 0 Å². The van der Waals surface area contributed by atoms with Gasteiger partial charge in [0.15, 0.2) is 5.82 Å². The number of amides is 1. The summed E-state index contributed by atoms with van der Waals surface area (Å²) < 4.78 is 14.9. The Kier molecular flexibility index (Phi) is 4.45. The van der Waals surface area contributed by atoms with Gasteiger partial charge in [0.2, 0.25) is 5.95 Å². The van der Waals surface area contributed by atoms with Crippen LogP contribution in [0.15, 0.2) is 84.9 Å². The first-order valence-corrected chi connectivity index (χ1v) is 8.35. The smallest absolute Gasteiger partial charge is 0.258 e. The van der Waals surface area contributed by atoms with Crippen LogP contribution in [0.1, 0.15) is 10.4 Å². The molecule has 1 N–H and O–H groups in total. The van der Waals surface area contributed by atoms with Crippen LogP contribution in [0, 0.1) is 5.82 Å². The molecule has 4 aromatic rings. The van der Waals surface area contributed by atoms with Crippen molar-refractivity contribution in [2.45, 2.75) is 0 Å². The fourth-order valence-electron chi connectivity index (χ4n) is 2.66. The third-order valence-electron chi connectivity index (χ3n) is 3.97. The zero-order valence-electron chi connectivity index (χ0n) is 14.2. The van der Waals surface area contributed by atoms with Gasteiger partial charge in [-0.2, -0.15) is 4.98 Å². The van der Waals surface area contributed by atoms with Crippen LogP contribution in [0.5, 0.6) is 0 Å². The summed E-state index contributed by atoms with van der Waals surface area (Å²) in [5.41, 5.74) is 1.98. The minimum Gasteiger partial charge on any atom is -0.289 e. The first kappa shape index (κ1) is 16.7. The van der Waals surface area contributed by atoms with Crippen LogP contribution in [-0.2, 0) is 0 Å². The summed E-state index contributed by atoms with van der Waals surface area (Å²) >= 11 is 0. The van der Waals surface area contributed by atoms with Crippen molar-refractivity contribution in [3.05, 3.63) is 96.3 Å². The Labute approximate surface area is 155 Å². The predicted octanol–water partition coefficient (Wildman–Crippen LogP) is 4.33. The van der Waals surface area contributed by atoms with E-state index in [1.54, 1.807) is 41.1 Å². The summed E-state index contributed by atoms with van der Waals surface area (Å²) in [5, 5.41) is 7.12. The average Bonchev–Trinajstić information content (AvgIpc) is 3.13. The van der Waals surface area contributed by atoms with E-state index >= 15 is 0 Å². The maximum absolute atomic E-state index is 13.3. The summed E-state index contributed by atoms with van der Waals surface area (Å²) in [6, 6.07) is 24.2. The number of hydrogen-bond acceptors (Lipinski definition) is 3. The number of carbonyl (C=O) groups excluding carboxylic acids is 1. The summed E-state index contributed by atoms with van der Waals surface area (Å²) in [6.07, 6.45) is 0. The van der Waals surface area contributed by atoms with Crippen LogP contribution < -0.4 is 5.32 Å². The van der Waals surface area contributed by atoms with Crippen molar-refractivity contribution >= 4 is 11.9 Å². The van der Waals surface area contributed by atoms with E-state index in [4.69, 9.17) is 0 Å². The standard InChI is InChI=1S/C21H15FN4O/c22-17-11-13-18(14-12-17)26-19(15-7-3-1-4-8-15)23-21(25-26)24-20(27)16-9-5-2-6-10-16/h1-14H,(H,24,25,27). The highest BCUT2D eigenvalue weighted by Gasteiger charge is 2.16. The number of benzene rings is 3. The average molecular weight is 358 g/mol. The zero-order valence-corrected chi connectivity index (χ0v) is 14.2. The number of aromatic nitrogens is 3. The van der Waals surface area contributed by atoms with Gasteiger partial charge in [0.05, 0.1) is 5.69 Å². The van der Waals surface area contributed by atoms with E-state index in [2.05, 4.69) is 15.4 Å². The van der Waals surface area contributed by atoms with Crippen molar-refractivity contribution in [1.82, 2.24) is 14.8 Å². The Morgan fingerprint density at radius 2 is 1.48 bits per heavy atom. The molecule has 3 aromatic carbocycles. The van der Waals surface area contributed by atoms with Crippen molar-refractivity contribution < 1.29 is 9.18 Å². The maximum atomic E-state index is 13.3. The van der Waals surface area contributed by atoms with Crippen LogP contribution in [0.4, 0.5) is 10.3 Å². The number of nitrogens with one attached hydrogen (secondary N) is 1. The van der Waals surface area contributed by atoms with Crippen LogP contribution >= 0.6 is 0 Å². The van der Waals surface area contributed by atoms with Crippen molar-refractivity contribution in [2.24, 2.45) is 0 Å². The van der Waals surface area contributed by atoms with Gasteiger partial charge >= 0.3 is 0 Å². The molecule has 0 aliphatic rings. The molecule has 6 heteroatoms. The first-order valence-electron chi connectivity index (χ1n) is 8.35. The molecule has 5 nitrogen and oxygen atoms in total. The summed E-state index contributed by atoms with van der Waals surface area (Å²) in [6.45, 7) is 0.